The molecule has 0 aromatic heterocycles. The molecular formula is C18H19ClO5S2. The molecule has 0 N–H and O–H groups in total. The largest absolute Gasteiger partial charge is 0.427 e. The summed E-state index contributed by atoms with van der Waals surface area (Å²) in [6.45, 7) is 0. The third-order valence-electron chi connectivity index (χ3n) is 4.92. The van der Waals surface area contributed by atoms with Crippen molar-refractivity contribution in [2.45, 2.75) is 35.3 Å². The number of ketones is 1. The average molecular weight is 415 g/mol. The summed E-state index contributed by atoms with van der Waals surface area (Å²) in [5, 5.41) is -0.0000112. The van der Waals surface area contributed by atoms with Crippen molar-refractivity contribution in [1.29, 1.82) is 0 Å². The van der Waals surface area contributed by atoms with Crippen LogP contribution in [0.4, 0.5) is 0 Å². The maximum Gasteiger partial charge on any atom is 0.344 e. The number of carbonyl (C=O) groups excluding carboxylic acids is 2. The Balaban J connectivity index is 1.76. The van der Waals surface area contributed by atoms with Crippen molar-refractivity contribution in [3.63, 3.8) is 0 Å². The quantitative estimate of drug-likeness (QED) is 0.684. The molecule has 1 aromatic rings. The summed E-state index contributed by atoms with van der Waals surface area (Å²) in [6, 6.07) is 3.87. The zero-order valence-corrected chi connectivity index (χ0v) is 16.8. The average Bonchev–Trinajstić information content (AvgIpc) is 3.34. The van der Waals surface area contributed by atoms with E-state index in [2.05, 4.69) is 0 Å². The minimum atomic E-state index is -3.42. The molecule has 2 aliphatic carbocycles. The van der Waals surface area contributed by atoms with Gasteiger partial charge in [0.15, 0.2) is 15.6 Å². The molecule has 1 saturated carbocycles. The Kier molecular flexibility index (Phi) is 5.25. The van der Waals surface area contributed by atoms with Gasteiger partial charge in [-0.1, -0.05) is 11.6 Å². The molecule has 0 aliphatic heterocycles. The van der Waals surface area contributed by atoms with Gasteiger partial charge in [-0.15, -0.1) is 0 Å². The fraction of sp³-hybridized carbons (Fsp3) is 0.444. The summed E-state index contributed by atoms with van der Waals surface area (Å²) in [5.74, 6) is -0.215. The lowest BCUT2D eigenvalue weighted by Crippen LogP contribution is -2.26. The van der Waals surface area contributed by atoms with Crippen LogP contribution in [0, 0.1) is 5.92 Å². The van der Waals surface area contributed by atoms with E-state index in [1.54, 1.807) is 11.8 Å². The summed E-state index contributed by atoms with van der Waals surface area (Å²) in [7, 11) is -3.42. The maximum absolute atomic E-state index is 12.4. The predicted molar refractivity (Wildman–Crippen MR) is 101 cm³/mol. The zero-order valence-electron chi connectivity index (χ0n) is 14.5. The number of benzene rings is 1. The molecule has 1 atom stereocenters. The van der Waals surface area contributed by atoms with Crippen LogP contribution in [0.1, 0.15) is 36.0 Å². The van der Waals surface area contributed by atoms with Crippen LogP contribution in [-0.2, 0) is 19.4 Å². The number of carbonyl (C=O) groups is 2. The molecule has 1 unspecified atom stereocenters. The van der Waals surface area contributed by atoms with Gasteiger partial charge >= 0.3 is 5.97 Å². The normalized spacial score (nSPS) is 21.9. The first-order chi connectivity index (χ1) is 12.1. The molecular weight excluding hydrogens is 396 g/mol. The predicted octanol–water partition coefficient (Wildman–Crippen LogP) is 3.66. The van der Waals surface area contributed by atoms with Gasteiger partial charge < -0.3 is 4.74 Å². The van der Waals surface area contributed by atoms with Gasteiger partial charge in [0.25, 0.3) is 0 Å². The number of ether oxygens (including phenoxy) is 1. The number of sulfone groups is 1. The number of thioether (sulfide) groups is 1. The van der Waals surface area contributed by atoms with Gasteiger partial charge in [-0.3, -0.25) is 4.79 Å². The Morgan fingerprint density at radius 3 is 2.54 bits per heavy atom. The highest BCUT2D eigenvalue weighted by Crippen LogP contribution is 2.56. The molecule has 1 fully saturated rings. The molecule has 0 spiro atoms. The van der Waals surface area contributed by atoms with Crippen LogP contribution in [-0.4, -0.2) is 37.4 Å². The lowest BCUT2D eigenvalue weighted by molar-refractivity contribution is -0.116. The summed E-state index contributed by atoms with van der Waals surface area (Å²) in [5.41, 5.74) is 0.0699. The SMILES string of the molecule is CSC1(C2CC(=O)C=C(OC(=O)c3ccc(S(C)(=O)=O)cc3Cl)C2)CC1. The highest BCUT2D eigenvalue weighted by molar-refractivity contribution is 8.00. The second kappa shape index (κ2) is 7.02. The molecule has 0 radical (unpaired) electrons. The lowest BCUT2D eigenvalue weighted by atomic mass is 9.87. The molecule has 26 heavy (non-hydrogen) atoms. The van der Waals surface area contributed by atoms with Crippen LogP contribution in [0.25, 0.3) is 0 Å². The first kappa shape index (κ1) is 19.5. The van der Waals surface area contributed by atoms with Crippen LogP contribution in [0.5, 0.6) is 0 Å². The van der Waals surface area contributed by atoms with E-state index in [4.69, 9.17) is 16.3 Å². The summed E-state index contributed by atoms with van der Waals surface area (Å²) in [4.78, 5) is 24.5. The van der Waals surface area contributed by atoms with E-state index in [0.717, 1.165) is 19.1 Å². The molecule has 0 amide bonds. The maximum atomic E-state index is 12.4. The Morgan fingerprint density at radius 1 is 1.31 bits per heavy atom. The van der Waals surface area contributed by atoms with Crippen LogP contribution in [0.15, 0.2) is 34.9 Å². The monoisotopic (exact) mass is 414 g/mol. The van der Waals surface area contributed by atoms with Gasteiger partial charge in [0.05, 0.1) is 15.5 Å². The molecule has 3 rings (SSSR count). The standard InChI is InChI=1S/C18H19ClO5S2/c1-25-18(5-6-18)11-7-12(20)9-13(8-11)24-17(21)15-4-3-14(10-16(15)19)26(2,22)23/h3-4,9-11H,5-8H2,1-2H3. The fourth-order valence-corrected chi connectivity index (χ4v) is 5.25. The van der Waals surface area contributed by atoms with Crippen molar-refractivity contribution in [2.75, 3.05) is 12.5 Å². The van der Waals surface area contributed by atoms with Gasteiger partial charge in [-0.2, -0.15) is 11.8 Å². The Labute approximate surface area is 162 Å². The van der Waals surface area contributed by atoms with Gasteiger partial charge in [0.2, 0.25) is 0 Å². The zero-order chi connectivity index (χ0) is 19.1. The first-order valence-electron chi connectivity index (χ1n) is 8.15. The smallest absolute Gasteiger partial charge is 0.344 e. The number of rotatable bonds is 5. The van der Waals surface area contributed by atoms with Gasteiger partial charge in [0, 0.05) is 29.9 Å². The van der Waals surface area contributed by atoms with Crippen LogP contribution >= 0.6 is 23.4 Å². The van der Waals surface area contributed by atoms with E-state index in [-0.39, 0.29) is 31.9 Å². The van der Waals surface area contributed by atoms with Crippen molar-refractivity contribution in [3.05, 3.63) is 40.6 Å². The van der Waals surface area contributed by atoms with Crippen molar-refractivity contribution in [3.8, 4) is 0 Å². The topological polar surface area (TPSA) is 77.5 Å². The highest BCUT2D eigenvalue weighted by Gasteiger charge is 2.50. The molecule has 0 heterocycles. The minimum absolute atomic E-state index is 0.0000112. The van der Waals surface area contributed by atoms with Gasteiger partial charge in [-0.25, -0.2) is 13.2 Å². The van der Waals surface area contributed by atoms with E-state index in [1.807, 2.05) is 6.26 Å². The third-order valence-corrected chi connectivity index (χ3v) is 7.90. The molecule has 2 aliphatic rings. The summed E-state index contributed by atoms with van der Waals surface area (Å²) < 4.78 is 28.7. The molecule has 5 nitrogen and oxygen atoms in total. The Hall–Kier alpha value is -1.31. The minimum Gasteiger partial charge on any atom is -0.427 e. The molecule has 1 aromatic carbocycles. The molecule has 140 valence electrons. The second-order valence-electron chi connectivity index (χ2n) is 6.75. The lowest BCUT2D eigenvalue weighted by Gasteiger charge is -2.28. The molecule has 0 bridgehead atoms. The number of allylic oxidation sites excluding steroid dienone is 2. The number of hydrogen-bond acceptors (Lipinski definition) is 6. The number of halogens is 1. The third kappa shape index (κ3) is 4.00. The fourth-order valence-electron chi connectivity index (χ4n) is 3.27. The van der Waals surface area contributed by atoms with Crippen LogP contribution < -0.4 is 0 Å². The van der Waals surface area contributed by atoms with Crippen molar-refractivity contribution in [1.82, 2.24) is 0 Å². The van der Waals surface area contributed by atoms with Crippen LogP contribution in [0.3, 0.4) is 0 Å². The molecule has 8 heteroatoms. The summed E-state index contributed by atoms with van der Waals surface area (Å²) in [6.07, 6.45) is 7.66. The van der Waals surface area contributed by atoms with Crippen molar-refractivity contribution < 1.29 is 22.7 Å². The summed E-state index contributed by atoms with van der Waals surface area (Å²) >= 11 is 7.83. The van der Waals surface area contributed by atoms with E-state index in [9.17, 15) is 18.0 Å². The van der Waals surface area contributed by atoms with Crippen LogP contribution in [0.2, 0.25) is 5.02 Å². The van der Waals surface area contributed by atoms with Gasteiger partial charge in [-0.05, 0) is 43.2 Å². The van der Waals surface area contributed by atoms with Gasteiger partial charge in [0.1, 0.15) is 5.76 Å². The second-order valence-corrected chi connectivity index (χ2v) is 10.4. The Morgan fingerprint density at radius 2 is 2.00 bits per heavy atom. The van der Waals surface area contributed by atoms with E-state index < -0.39 is 15.8 Å². The van der Waals surface area contributed by atoms with E-state index in [0.29, 0.717) is 18.6 Å². The number of esters is 1. The highest BCUT2D eigenvalue weighted by atomic mass is 35.5. The van der Waals surface area contributed by atoms with Crippen molar-refractivity contribution in [2.24, 2.45) is 5.92 Å². The number of hydrogen-bond donors (Lipinski definition) is 0. The Bertz CT molecular complexity index is 900. The first-order valence-corrected chi connectivity index (χ1v) is 11.6. The van der Waals surface area contributed by atoms with E-state index in [1.165, 1.54) is 24.3 Å². The molecule has 0 saturated heterocycles. The van der Waals surface area contributed by atoms with E-state index >= 15 is 0 Å². The van der Waals surface area contributed by atoms with Crippen molar-refractivity contribution >= 4 is 45.0 Å².